The SMILES string of the molecule is CCc1cc2c(CN(CC)C[C@H]3COc4ccccc4O3)cc(=O)oc2cc1O. The fourth-order valence-electron chi connectivity index (χ4n) is 3.71. The molecule has 6 heteroatoms. The molecule has 1 N–H and O–H groups in total. The van der Waals surface area contributed by atoms with E-state index < -0.39 is 5.63 Å². The van der Waals surface area contributed by atoms with Gasteiger partial charge in [-0.05, 0) is 42.3 Å². The average Bonchev–Trinajstić information content (AvgIpc) is 2.72. The monoisotopic (exact) mass is 395 g/mol. The predicted octanol–water partition coefficient (Wildman–Crippen LogP) is 3.72. The summed E-state index contributed by atoms with van der Waals surface area (Å²) in [4.78, 5) is 14.3. The highest BCUT2D eigenvalue weighted by Crippen LogP contribution is 2.31. The highest BCUT2D eigenvalue weighted by molar-refractivity contribution is 5.82. The van der Waals surface area contributed by atoms with Gasteiger partial charge in [-0.3, -0.25) is 4.90 Å². The van der Waals surface area contributed by atoms with Crippen molar-refractivity contribution in [2.75, 3.05) is 19.7 Å². The molecule has 0 saturated heterocycles. The zero-order valence-corrected chi connectivity index (χ0v) is 16.7. The maximum atomic E-state index is 12.1. The van der Waals surface area contributed by atoms with Crippen molar-refractivity contribution in [2.24, 2.45) is 0 Å². The fraction of sp³-hybridized carbons (Fsp3) is 0.348. The second-order valence-corrected chi connectivity index (χ2v) is 7.25. The highest BCUT2D eigenvalue weighted by Gasteiger charge is 2.23. The zero-order chi connectivity index (χ0) is 20.4. The molecule has 0 radical (unpaired) electrons. The summed E-state index contributed by atoms with van der Waals surface area (Å²) in [5.74, 6) is 1.68. The number of hydrogen-bond acceptors (Lipinski definition) is 6. The van der Waals surface area contributed by atoms with E-state index in [4.69, 9.17) is 13.9 Å². The molecule has 3 aromatic rings. The lowest BCUT2D eigenvalue weighted by Crippen LogP contribution is -2.40. The summed E-state index contributed by atoms with van der Waals surface area (Å²) in [5.41, 5.74) is 1.70. The summed E-state index contributed by atoms with van der Waals surface area (Å²) in [7, 11) is 0. The van der Waals surface area contributed by atoms with Crippen molar-refractivity contribution in [1.82, 2.24) is 4.90 Å². The van der Waals surface area contributed by atoms with Crippen molar-refractivity contribution in [2.45, 2.75) is 32.9 Å². The van der Waals surface area contributed by atoms with Crippen LogP contribution in [0.1, 0.15) is 25.0 Å². The molecule has 4 rings (SSSR count). The third-order valence-corrected chi connectivity index (χ3v) is 5.28. The van der Waals surface area contributed by atoms with Crippen LogP contribution in [0.3, 0.4) is 0 Å². The number of likely N-dealkylation sites (N-methyl/N-ethyl adjacent to an activating group) is 1. The minimum atomic E-state index is -0.418. The van der Waals surface area contributed by atoms with E-state index in [9.17, 15) is 9.90 Å². The normalized spacial score (nSPS) is 15.8. The van der Waals surface area contributed by atoms with Crippen LogP contribution >= 0.6 is 0 Å². The van der Waals surface area contributed by atoms with Crippen molar-refractivity contribution in [1.29, 1.82) is 0 Å². The van der Waals surface area contributed by atoms with E-state index in [-0.39, 0.29) is 11.9 Å². The molecule has 0 unspecified atom stereocenters. The van der Waals surface area contributed by atoms with Crippen LogP contribution in [0.5, 0.6) is 17.2 Å². The quantitative estimate of drug-likeness (QED) is 0.642. The van der Waals surface area contributed by atoms with Crippen molar-refractivity contribution in [3.8, 4) is 17.2 Å². The van der Waals surface area contributed by atoms with Gasteiger partial charge in [0.1, 0.15) is 24.0 Å². The molecular formula is C23H25NO5. The molecule has 0 aliphatic carbocycles. The maximum absolute atomic E-state index is 12.1. The van der Waals surface area contributed by atoms with E-state index in [0.29, 0.717) is 31.7 Å². The van der Waals surface area contributed by atoms with E-state index in [2.05, 4.69) is 11.8 Å². The predicted molar refractivity (Wildman–Crippen MR) is 111 cm³/mol. The summed E-state index contributed by atoms with van der Waals surface area (Å²) >= 11 is 0. The standard InChI is InChI=1S/C23H25NO5/c1-3-15-9-18-16(10-23(26)29-22(18)11-19(15)25)12-24(4-2)13-17-14-27-20-7-5-6-8-21(20)28-17/h5-11,17,25H,3-4,12-14H2,1-2H3/t17-/m0/s1. The number of aromatic hydroxyl groups is 1. The molecule has 0 saturated carbocycles. The van der Waals surface area contributed by atoms with E-state index in [1.54, 1.807) is 0 Å². The number of nitrogens with zero attached hydrogens (tertiary/aromatic N) is 1. The number of ether oxygens (including phenoxy) is 2. The molecule has 2 aromatic carbocycles. The molecule has 6 nitrogen and oxygen atoms in total. The van der Waals surface area contributed by atoms with Crippen LogP contribution in [-0.2, 0) is 13.0 Å². The first-order valence-electron chi connectivity index (χ1n) is 9.96. The lowest BCUT2D eigenvalue weighted by atomic mass is 10.0. The van der Waals surface area contributed by atoms with E-state index in [0.717, 1.165) is 34.6 Å². The second-order valence-electron chi connectivity index (χ2n) is 7.25. The van der Waals surface area contributed by atoms with Crippen molar-refractivity contribution >= 4 is 11.0 Å². The molecule has 0 amide bonds. The third kappa shape index (κ3) is 4.07. The lowest BCUT2D eigenvalue weighted by molar-refractivity contribution is 0.0581. The average molecular weight is 395 g/mol. The minimum Gasteiger partial charge on any atom is -0.508 e. The Hall–Kier alpha value is -2.99. The Labute approximate surface area is 169 Å². The first-order valence-corrected chi connectivity index (χ1v) is 9.96. The molecule has 152 valence electrons. The molecule has 29 heavy (non-hydrogen) atoms. The van der Waals surface area contributed by atoms with Gasteiger partial charge in [0.15, 0.2) is 11.5 Å². The first kappa shape index (κ1) is 19.3. The number of phenols is 1. The van der Waals surface area contributed by atoms with Crippen molar-refractivity contribution in [3.63, 3.8) is 0 Å². The Morgan fingerprint density at radius 2 is 1.90 bits per heavy atom. The largest absolute Gasteiger partial charge is 0.508 e. The summed E-state index contributed by atoms with van der Waals surface area (Å²) in [6.45, 7) is 6.59. The van der Waals surface area contributed by atoms with Gasteiger partial charge in [-0.2, -0.15) is 0 Å². The third-order valence-electron chi connectivity index (χ3n) is 5.28. The number of benzene rings is 2. The Bertz CT molecular complexity index is 1070. The molecule has 1 aliphatic rings. The van der Waals surface area contributed by atoms with Gasteiger partial charge in [-0.25, -0.2) is 4.79 Å². The van der Waals surface area contributed by atoms with Crippen LogP contribution < -0.4 is 15.1 Å². The van der Waals surface area contributed by atoms with Gasteiger partial charge in [0.05, 0.1) is 0 Å². The lowest BCUT2D eigenvalue weighted by Gasteiger charge is -2.31. The van der Waals surface area contributed by atoms with Crippen LogP contribution in [-0.4, -0.2) is 35.8 Å². The van der Waals surface area contributed by atoms with Crippen LogP contribution in [0, 0.1) is 0 Å². The molecule has 1 aromatic heterocycles. The van der Waals surface area contributed by atoms with Gasteiger partial charge >= 0.3 is 5.63 Å². The number of fused-ring (bicyclic) bond motifs is 2. The fourth-order valence-corrected chi connectivity index (χ4v) is 3.71. The number of hydrogen-bond donors (Lipinski definition) is 1. The van der Waals surface area contributed by atoms with Crippen molar-refractivity contribution < 1.29 is 19.0 Å². The van der Waals surface area contributed by atoms with Crippen LogP contribution in [0.25, 0.3) is 11.0 Å². The molecule has 1 aliphatic heterocycles. The topological polar surface area (TPSA) is 72.1 Å². The van der Waals surface area contributed by atoms with Gasteiger partial charge < -0.3 is 19.0 Å². The molecule has 2 heterocycles. The number of phenolic OH excluding ortho intramolecular Hbond substituents is 1. The Morgan fingerprint density at radius 3 is 2.66 bits per heavy atom. The highest BCUT2D eigenvalue weighted by atomic mass is 16.6. The smallest absolute Gasteiger partial charge is 0.336 e. The van der Waals surface area contributed by atoms with Gasteiger partial charge in [-0.1, -0.05) is 26.0 Å². The minimum absolute atomic E-state index is 0.0912. The number of para-hydroxylation sites is 2. The Morgan fingerprint density at radius 1 is 1.10 bits per heavy atom. The molecule has 0 spiro atoms. The molecule has 1 atom stereocenters. The van der Waals surface area contributed by atoms with Crippen LogP contribution in [0.4, 0.5) is 0 Å². The van der Waals surface area contributed by atoms with E-state index in [1.807, 2.05) is 37.3 Å². The van der Waals surface area contributed by atoms with Crippen molar-refractivity contribution in [3.05, 3.63) is 64.0 Å². The molecule has 0 fully saturated rings. The Kier molecular flexibility index (Phi) is 5.45. The van der Waals surface area contributed by atoms with Gasteiger partial charge in [-0.15, -0.1) is 0 Å². The molecule has 0 bridgehead atoms. The summed E-state index contributed by atoms with van der Waals surface area (Å²) in [6.07, 6.45) is 0.608. The van der Waals surface area contributed by atoms with Gasteiger partial charge in [0, 0.05) is 30.6 Å². The molecular weight excluding hydrogens is 370 g/mol. The summed E-state index contributed by atoms with van der Waals surface area (Å²) in [6, 6.07) is 12.6. The van der Waals surface area contributed by atoms with E-state index in [1.165, 1.54) is 12.1 Å². The number of rotatable bonds is 6. The zero-order valence-electron chi connectivity index (χ0n) is 16.7. The summed E-state index contributed by atoms with van der Waals surface area (Å²) < 4.78 is 17.2. The van der Waals surface area contributed by atoms with Crippen LogP contribution in [0.15, 0.2) is 51.7 Å². The first-order chi connectivity index (χ1) is 14.1. The maximum Gasteiger partial charge on any atom is 0.336 e. The van der Waals surface area contributed by atoms with Crippen LogP contribution in [0.2, 0.25) is 0 Å². The Balaban J connectivity index is 1.57. The van der Waals surface area contributed by atoms with E-state index >= 15 is 0 Å². The van der Waals surface area contributed by atoms with Gasteiger partial charge in [0.2, 0.25) is 0 Å². The number of aryl methyl sites for hydroxylation is 1. The summed E-state index contributed by atoms with van der Waals surface area (Å²) in [5, 5.41) is 11.0. The van der Waals surface area contributed by atoms with Gasteiger partial charge in [0.25, 0.3) is 0 Å². The second kappa shape index (κ2) is 8.17.